The van der Waals surface area contributed by atoms with E-state index < -0.39 is 11.7 Å². The van der Waals surface area contributed by atoms with Crippen LogP contribution in [0.4, 0.5) is 30.2 Å². The minimum Gasteiger partial charge on any atom is -0.398 e. The number of hydrogen-bond acceptors (Lipinski definition) is 5. The molecule has 2 aromatic rings. The number of ether oxygens (including phenoxy) is 1. The molecule has 0 atom stereocenters. The zero-order chi connectivity index (χ0) is 26.6. The van der Waals surface area contributed by atoms with Crippen molar-refractivity contribution < 1.29 is 17.9 Å². The molecule has 0 radical (unpaired) electrons. The summed E-state index contributed by atoms with van der Waals surface area (Å²) in [5.41, 5.74) is 7.77. The molecule has 1 aliphatic carbocycles. The van der Waals surface area contributed by atoms with Crippen LogP contribution in [0.5, 0.6) is 0 Å². The number of nitrogen functional groups attached to an aromatic ring is 1. The van der Waals surface area contributed by atoms with Crippen molar-refractivity contribution in [2.45, 2.75) is 70.2 Å². The molecule has 5 nitrogen and oxygen atoms in total. The van der Waals surface area contributed by atoms with Gasteiger partial charge in [0.25, 0.3) is 0 Å². The van der Waals surface area contributed by atoms with Crippen LogP contribution in [0.25, 0.3) is 0 Å². The number of halogens is 3. The number of piperazine rings is 1. The van der Waals surface area contributed by atoms with Crippen molar-refractivity contribution in [2.75, 3.05) is 55.3 Å². The number of rotatable bonds is 7. The first-order valence-electron chi connectivity index (χ1n) is 13.4. The highest BCUT2D eigenvalue weighted by molar-refractivity contribution is 5.58. The smallest absolute Gasteiger partial charge is 0.398 e. The van der Waals surface area contributed by atoms with Crippen LogP contribution < -0.4 is 16.0 Å². The molecule has 37 heavy (non-hydrogen) atoms. The van der Waals surface area contributed by atoms with E-state index >= 15 is 0 Å². The summed E-state index contributed by atoms with van der Waals surface area (Å²) in [4.78, 5) is 4.92. The van der Waals surface area contributed by atoms with Gasteiger partial charge in [-0.15, -0.1) is 0 Å². The van der Waals surface area contributed by atoms with Gasteiger partial charge in [0.15, 0.2) is 0 Å². The molecule has 0 aromatic heterocycles. The van der Waals surface area contributed by atoms with E-state index in [-0.39, 0.29) is 23.2 Å². The molecule has 2 aliphatic rings. The van der Waals surface area contributed by atoms with E-state index in [4.69, 9.17) is 10.5 Å². The quantitative estimate of drug-likeness (QED) is 0.431. The first-order valence-corrected chi connectivity index (χ1v) is 13.4. The number of benzene rings is 2. The summed E-state index contributed by atoms with van der Waals surface area (Å²) in [6.45, 7) is 12.5. The maximum Gasteiger partial charge on any atom is 0.418 e. The Morgan fingerprint density at radius 1 is 0.919 bits per heavy atom. The standard InChI is InChI=1S/C29H41F3N4O/c1-28(2,3)21-4-9-24(10-5-21)36-16-14-35(15-17-36)18-19-37-25-11-6-22(7-12-25)34-23-8-13-27(33)26(20-23)29(30,31)32/h4-5,8-10,13,20,22,25,34H,6-7,11-12,14-19,33H2,1-3H3. The van der Waals surface area contributed by atoms with E-state index in [0.717, 1.165) is 71.1 Å². The van der Waals surface area contributed by atoms with Gasteiger partial charge in [0.05, 0.1) is 18.3 Å². The van der Waals surface area contributed by atoms with Crippen LogP contribution >= 0.6 is 0 Å². The lowest BCUT2D eigenvalue weighted by Gasteiger charge is -2.36. The molecule has 1 saturated carbocycles. The fourth-order valence-corrected chi connectivity index (χ4v) is 5.25. The van der Waals surface area contributed by atoms with Crippen molar-refractivity contribution in [1.29, 1.82) is 0 Å². The second-order valence-corrected chi connectivity index (χ2v) is 11.4. The van der Waals surface area contributed by atoms with Gasteiger partial charge >= 0.3 is 6.18 Å². The van der Waals surface area contributed by atoms with Crippen molar-refractivity contribution >= 4 is 17.1 Å². The van der Waals surface area contributed by atoms with Gasteiger partial charge in [0.1, 0.15) is 0 Å². The van der Waals surface area contributed by atoms with Gasteiger partial charge in [-0.25, -0.2) is 0 Å². The molecule has 0 unspecified atom stereocenters. The Balaban J connectivity index is 1.13. The minimum atomic E-state index is -4.45. The summed E-state index contributed by atoms with van der Waals surface area (Å²) in [6, 6.07) is 13.2. The summed E-state index contributed by atoms with van der Waals surface area (Å²) < 4.78 is 45.6. The third kappa shape index (κ3) is 7.54. The number of nitrogens with zero attached hydrogens (tertiary/aromatic N) is 2. The highest BCUT2D eigenvalue weighted by atomic mass is 19.4. The highest BCUT2D eigenvalue weighted by Crippen LogP contribution is 2.36. The molecule has 0 spiro atoms. The van der Waals surface area contributed by atoms with Gasteiger partial charge in [-0.1, -0.05) is 32.9 Å². The van der Waals surface area contributed by atoms with Crippen LogP contribution in [0.15, 0.2) is 42.5 Å². The van der Waals surface area contributed by atoms with Crippen LogP contribution in [0, 0.1) is 0 Å². The Bertz CT molecular complexity index is 1000. The third-order valence-electron chi connectivity index (χ3n) is 7.64. The molecular weight excluding hydrogens is 477 g/mol. The van der Waals surface area contributed by atoms with Crippen LogP contribution in [-0.4, -0.2) is 56.4 Å². The Morgan fingerprint density at radius 2 is 1.57 bits per heavy atom. The molecule has 204 valence electrons. The van der Waals surface area contributed by atoms with Crippen LogP contribution in [0.3, 0.4) is 0 Å². The summed E-state index contributed by atoms with van der Waals surface area (Å²) in [7, 11) is 0. The number of alkyl halides is 3. The molecule has 1 heterocycles. The Morgan fingerprint density at radius 3 is 2.16 bits per heavy atom. The van der Waals surface area contributed by atoms with Gasteiger partial charge in [-0.2, -0.15) is 13.2 Å². The lowest BCUT2D eigenvalue weighted by atomic mass is 9.87. The fraction of sp³-hybridized carbons (Fsp3) is 0.586. The first-order chi connectivity index (χ1) is 17.5. The van der Waals surface area contributed by atoms with Gasteiger partial charge in [-0.3, -0.25) is 4.90 Å². The number of nitrogens with two attached hydrogens (primary N) is 1. The molecule has 1 saturated heterocycles. The van der Waals surface area contributed by atoms with Gasteiger partial charge in [0.2, 0.25) is 0 Å². The molecule has 0 bridgehead atoms. The molecular formula is C29H41F3N4O. The van der Waals surface area contributed by atoms with Gasteiger partial charge in [0, 0.05) is 55.8 Å². The summed E-state index contributed by atoms with van der Waals surface area (Å²) >= 11 is 0. The number of hydrogen-bond donors (Lipinski definition) is 2. The van der Waals surface area contributed by atoms with Crippen LogP contribution in [-0.2, 0) is 16.3 Å². The Labute approximate surface area is 219 Å². The van der Waals surface area contributed by atoms with E-state index in [1.165, 1.54) is 17.3 Å². The van der Waals surface area contributed by atoms with E-state index in [9.17, 15) is 13.2 Å². The largest absolute Gasteiger partial charge is 0.418 e. The third-order valence-corrected chi connectivity index (χ3v) is 7.64. The normalized spacial score (nSPS) is 21.7. The minimum absolute atomic E-state index is 0.148. The molecule has 3 N–H and O–H groups in total. The van der Waals surface area contributed by atoms with E-state index in [0.29, 0.717) is 5.69 Å². The second kappa shape index (κ2) is 11.5. The topological polar surface area (TPSA) is 53.8 Å². The fourth-order valence-electron chi connectivity index (χ4n) is 5.25. The van der Waals surface area contributed by atoms with E-state index in [1.54, 1.807) is 6.07 Å². The molecule has 8 heteroatoms. The van der Waals surface area contributed by atoms with Crippen molar-refractivity contribution in [3.05, 3.63) is 53.6 Å². The highest BCUT2D eigenvalue weighted by Gasteiger charge is 2.33. The Hall–Kier alpha value is -2.45. The lowest BCUT2D eigenvalue weighted by molar-refractivity contribution is -0.136. The van der Waals surface area contributed by atoms with Gasteiger partial charge < -0.3 is 20.7 Å². The maximum atomic E-state index is 13.1. The molecule has 2 fully saturated rings. The average Bonchev–Trinajstić information content (AvgIpc) is 2.86. The molecule has 1 aliphatic heterocycles. The molecule has 0 amide bonds. The monoisotopic (exact) mass is 518 g/mol. The first kappa shape index (κ1) is 27.6. The number of anilines is 3. The molecule has 4 rings (SSSR count). The average molecular weight is 519 g/mol. The van der Waals surface area contributed by atoms with Crippen molar-refractivity contribution in [2.24, 2.45) is 0 Å². The predicted octanol–water partition coefficient (Wildman–Crippen LogP) is 6.15. The molecule has 2 aromatic carbocycles. The van der Waals surface area contributed by atoms with Crippen molar-refractivity contribution in [3.8, 4) is 0 Å². The zero-order valence-corrected chi connectivity index (χ0v) is 22.3. The van der Waals surface area contributed by atoms with Crippen molar-refractivity contribution in [1.82, 2.24) is 4.90 Å². The lowest BCUT2D eigenvalue weighted by Crippen LogP contribution is -2.47. The second-order valence-electron chi connectivity index (χ2n) is 11.4. The predicted molar refractivity (Wildman–Crippen MR) is 145 cm³/mol. The number of nitrogens with one attached hydrogen (secondary N) is 1. The Kier molecular flexibility index (Phi) is 8.59. The summed E-state index contributed by atoms with van der Waals surface area (Å²) in [5, 5.41) is 3.25. The van der Waals surface area contributed by atoms with Crippen LogP contribution in [0.2, 0.25) is 0 Å². The van der Waals surface area contributed by atoms with E-state index in [2.05, 4.69) is 60.2 Å². The van der Waals surface area contributed by atoms with Crippen LogP contribution in [0.1, 0.15) is 57.6 Å². The maximum absolute atomic E-state index is 13.1. The SMILES string of the molecule is CC(C)(C)c1ccc(N2CCN(CCOC3CCC(Nc4ccc(N)c(C(F)(F)F)c4)CC3)CC2)cc1. The zero-order valence-electron chi connectivity index (χ0n) is 22.3. The van der Waals surface area contributed by atoms with E-state index in [1.807, 2.05) is 0 Å². The summed E-state index contributed by atoms with van der Waals surface area (Å²) in [5.74, 6) is 0. The summed E-state index contributed by atoms with van der Waals surface area (Å²) in [6.07, 6.45) is -0.643. The van der Waals surface area contributed by atoms with Gasteiger partial charge in [-0.05, 0) is 67.0 Å². The van der Waals surface area contributed by atoms with Crippen molar-refractivity contribution in [3.63, 3.8) is 0 Å².